The molecule has 3 rings (SSSR count). The van der Waals surface area contributed by atoms with Crippen LogP contribution in [0.5, 0.6) is 5.75 Å². The van der Waals surface area contributed by atoms with Crippen molar-refractivity contribution in [3.05, 3.63) is 54.1 Å². The molecule has 0 radical (unpaired) electrons. The van der Waals surface area contributed by atoms with E-state index < -0.39 is 4.75 Å². The number of anilines is 1. The number of hydrogen-bond donors (Lipinski definition) is 0. The highest BCUT2D eigenvalue weighted by atomic mass is 32.2. The van der Waals surface area contributed by atoms with Gasteiger partial charge < -0.3 is 14.5 Å². The molecular formula is C21H24N2O3S. The number of amides is 2. The molecule has 2 amide bonds. The first-order chi connectivity index (χ1) is 12.9. The maximum absolute atomic E-state index is 13.3. The van der Waals surface area contributed by atoms with E-state index in [-0.39, 0.29) is 11.8 Å². The van der Waals surface area contributed by atoms with Crippen LogP contribution in [-0.4, -0.2) is 42.2 Å². The van der Waals surface area contributed by atoms with Crippen LogP contribution in [0.25, 0.3) is 0 Å². The van der Waals surface area contributed by atoms with Crippen LogP contribution in [0.15, 0.2) is 53.4 Å². The predicted octanol–water partition coefficient (Wildman–Crippen LogP) is 3.57. The summed E-state index contributed by atoms with van der Waals surface area (Å²) in [7, 11) is 3.36. The van der Waals surface area contributed by atoms with Gasteiger partial charge in [0.05, 0.1) is 12.8 Å². The van der Waals surface area contributed by atoms with Crippen LogP contribution in [0.4, 0.5) is 5.69 Å². The lowest BCUT2D eigenvalue weighted by molar-refractivity contribution is -0.137. The third-order valence-electron chi connectivity index (χ3n) is 4.77. The van der Waals surface area contributed by atoms with Crippen molar-refractivity contribution in [1.29, 1.82) is 0 Å². The maximum atomic E-state index is 13.3. The highest BCUT2D eigenvalue weighted by Crippen LogP contribution is 2.46. The molecule has 1 atom stereocenters. The smallest absolute Gasteiger partial charge is 0.252 e. The molecule has 0 aromatic heterocycles. The van der Waals surface area contributed by atoms with Gasteiger partial charge in [0.15, 0.2) is 4.75 Å². The Kier molecular flexibility index (Phi) is 5.46. The Labute approximate surface area is 164 Å². The van der Waals surface area contributed by atoms with Crippen LogP contribution >= 0.6 is 11.8 Å². The highest BCUT2D eigenvalue weighted by molar-refractivity contribution is 8.02. The summed E-state index contributed by atoms with van der Waals surface area (Å²) in [5.74, 6) is 0.412. The summed E-state index contributed by atoms with van der Waals surface area (Å²) in [4.78, 5) is 30.7. The summed E-state index contributed by atoms with van der Waals surface area (Å²) in [6.07, 6.45) is 0. The van der Waals surface area contributed by atoms with E-state index in [0.29, 0.717) is 13.1 Å². The first-order valence-corrected chi connectivity index (χ1v) is 9.71. The SMILES string of the molecule is CCN1C(=O)C(C)(C(=O)N(C)Cc2ccc(OC)cc2)Sc2ccccc21. The van der Waals surface area contributed by atoms with Gasteiger partial charge in [-0.25, -0.2) is 0 Å². The summed E-state index contributed by atoms with van der Waals surface area (Å²) < 4.78 is 4.00. The van der Waals surface area contributed by atoms with Crippen LogP contribution in [0.3, 0.4) is 0 Å². The quantitative estimate of drug-likeness (QED) is 0.740. The Bertz CT molecular complexity index is 853. The first kappa shape index (κ1) is 19.3. The second-order valence-electron chi connectivity index (χ2n) is 6.66. The minimum atomic E-state index is -1.18. The molecule has 1 aliphatic heterocycles. The topological polar surface area (TPSA) is 49.9 Å². The van der Waals surface area contributed by atoms with Gasteiger partial charge >= 0.3 is 0 Å². The van der Waals surface area contributed by atoms with E-state index in [1.165, 1.54) is 11.8 Å². The molecule has 0 spiro atoms. The van der Waals surface area contributed by atoms with Gasteiger partial charge in [-0.15, -0.1) is 0 Å². The minimum Gasteiger partial charge on any atom is -0.497 e. The van der Waals surface area contributed by atoms with Crippen molar-refractivity contribution in [3.8, 4) is 5.75 Å². The van der Waals surface area contributed by atoms with Crippen LogP contribution < -0.4 is 9.64 Å². The van der Waals surface area contributed by atoms with E-state index in [0.717, 1.165) is 21.9 Å². The van der Waals surface area contributed by atoms with E-state index in [9.17, 15) is 9.59 Å². The molecule has 1 aliphatic rings. The zero-order chi connectivity index (χ0) is 19.6. The molecule has 2 aromatic carbocycles. The number of carbonyl (C=O) groups is 2. The average molecular weight is 385 g/mol. The van der Waals surface area contributed by atoms with Gasteiger partial charge in [0.25, 0.3) is 5.91 Å². The number of fused-ring (bicyclic) bond motifs is 1. The van der Waals surface area contributed by atoms with Crippen molar-refractivity contribution >= 4 is 29.3 Å². The molecule has 0 saturated heterocycles. The number of nitrogens with zero attached hydrogens (tertiary/aromatic N) is 2. The number of para-hydroxylation sites is 1. The second kappa shape index (κ2) is 7.64. The van der Waals surface area contributed by atoms with Crippen molar-refractivity contribution < 1.29 is 14.3 Å². The summed E-state index contributed by atoms with van der Waals surface area (Å²) in [5, 5.41) is 0. The van der Waals surface area contributed by atoms with Crippen LogP contribution in [0, 0.1) is 0 Å². The van der Waals surface area contributed by atoms with E-state index in [1.807, 2.05) is 55.5 Å². The number of hydrogen-bond acceptors (Lipinski definition) is 4. The van der Waals surface area contributed by atoms with Gasteiger partial charge in [-0.3, -0.25) is 9.59 Å². The molecule has 0 N–H and O–H groups in total. The van der Waals surface area contributed by atoms with Crippen molar-refractivity contribution in [2.45, 2.75) is 30.0 Å². The molecule has 1 heterocycles. The second-order valence-corrected chi connectivity index (χ2v) is 8.12. The average Bonchev–Trinajstić information content (AvgIpc) is 2.69. The molecule has 142 valence electrons. The fraction of sp³-hybridized carbons (Fsp3) is 0.333. The van der Waals surface area contributed by atoms with Gasteiger partial charge in [0.2, 0.25) is 5.91 Å². The van der Waals surface area contributed by atoms with E-state index >= 15 is 0 Å². The highest BCUT2D eigenvalue weighted by Gasteiger charge is 2.50. The van der Waals surface area contributed by atoms with Gasteiger partial charge in [0.1, 0.15) is 5.75 Å². The normalized spacial score (nSPS) is 18.8. The number of carbonyl (C=O) groups excluding carboxylic acids is 2. The number of benzene rings is 2. The lowest BCUT2D eigenvalue weighted by Crippen LogP contribution is -2.56. The summed E-state index contributed by atoms with van der Waals surface area (Å²) >= 11 is 1.34. The van der Waals surface area contributed by atoms with Crippen LogP contribution in [0.2, 0.25) is 0 Å². The van der Waals surface area contributed by atoms with E-state index in [4.69, 9.17) is 4.74 Å². The molecule has 0 aliphatic carbocycles. The fourth-order valence-electron chi connectivity index (χ4n) is 3.29. The molecule has 2 aromatic rings. The van der Waals surface area contributed by atoms with Crippen molar-refractivity contribution in [3.63, 3.8) is 0 Å². The first-order valence-electron chi connectivity index (χ1n) is 8.89. The van der Waals surface area contributed by atoms with E-state index in [2.05, 4.69) is 0 Å². The third kappa shape index (κ3) is 3.54. The molecule has 0 bridgehead atoms. The van der Waals surface area contributed by atoms with Gasteiger partial charge in [-0.05, 0) is 43.7 Å². The lowest BCUT2D eigenvalue weighted by atomic mass is 10.1. The Hall–Kier alpha value is -2.47. The van der Waals surface area contributed by atoms with Crippen molar-refractivity contribution in [2.24, 2.45) is 0 Å². The summed E-state index contributed by atoms with van der Waals surface area (Å²) in [5.41, 5.74) is 1.86. The number of methoxy groups -OCH3 is 1. The Morgan fingerprint density at radius 2 is 1.85 bits per heavy atom. The molecule has 1 unspecified atom stereocenters. The van der Waals surface area contributed by atoms with Gasteiger partial charge in [-0.2, -0.15) is 0 Å². The minimum absolute atomic E-state index is 0.166. The lowest BCUT2D eigenvalue weighted by Gasteiger charge is -2.40. The van der Waals surface area contributed by atoms with E-state index in [1.54, 1.807) is 30.9 Å². The van der Waals surface area contributed by atoms with Gasteiger partial charge in [-0.1, -0.05) is 36.0 Å². The predicted molar refractivity (Wildman–Crippen MR) is 108 cm³/mol. The molecule has 27 heavy (non-hydrogen) atoms. The number of rotatable bonds is 5. The largest absolute Gasteiger partial charge is 0.497 e. The summed E-state index contributed by atoms with van der Waals surface area (Å²) in [6, 6.07) is 15.3. The number of thioether (sulfide) groups is 1. The van der Waals surface area contributed by atoms with Crippen molar-refractivity contribution in [1.82, 2.24) is 4.90 Å². The Morgan fingerprint density at radius 3 is 2.48 bits per heavy atom. The molecular weight excluding hydrogens is 360 g/mol. The fourth-order valence-corrected chi connectivity index (χ4v) is 4.60. The Morgan fingerprint density at radius 1 is 1.19 bits per heavy atom. The third-order valence-corrected chi connectivity index (χ3v) is 6.10. The molecule has 0 fully saturated rings. The summed E-state index contributed by atoms with van der Waals surface area (Å²) in [6.45, 7) is 4.61. The maximum Gasteiger partial charge on any atom is 0.252 e. The van der Waals surface area contributed by atoms with Gasteiger partial charge in [0, 0.05) is 25.0 Å². The number of ether oxygens (including phenoxy) is 1. The zero-order valence-electron chi connectivity index (χ0n) is 16.1. The standard InChI is InChI=1S/C21H24N2O3S/c1-5-23-17-8-6-7-9-18(17)27-21(2,20(23)25)19(24)22(3)14-15-10-12-16(26-4)13-11-15/h6-13H,5,14H2,1-4H3. The molecule has 0 saturated carbocycles. The van der Waals surface area contributed by atoms with Crippen molar-refractivity contribution in [2.75, 3.05) is 25.6 Å². The monoisotopic (exact) mass is 384 g/mol. The van der Waals surface area contributed by atoms with Crippen LogP contribution in [-0.2, 0) is 16.1 Å². The zero-order valence-corrected chi connectivity index (χ0v) is 16.9. The molecule has 5 nitrogen and oxygen atoms in total. The Balaban J connectivity index is 1.84. The molecule has 6 heteroatoms. The van der Waals surface area contributed by atoms with Crippen LogP contribution in [0.1, 0.15) is 19.4 Å².